The molecule has 0 fully saturated rings. The molecule has 0 radical (unpaired) electrons. The summed E-state index contributed by atoms with van der Waals surface area (Å²) in [4.78, 5) is 13.2. The number of anilines is 2. The average Bonchev–Trinajstić information content (AvgIpc) is 2.80. The zero-order valence-corrected chi connectivity index (χ0v) is 19.8. The van der Waals surface area contributed by atoms with E-state index in [1.807, 2.05) is 45.0 Å². The Labute approximate surface area is 194 Å². The molecule has 3 aromatic rings. The summed E-state index contributed by atoms with van der Waals surface area (Å²) in [5.41, 5.74) is 4.08. The second-order valence-corrected chi connectivity index (χ2v) is 9.94. The number of hydrogen-bond acceptors (Lipinski definition) is 5. The van der Waals surface area contributed by atoms with Crippen LogP contribution in [0.3, 0.4) is 0 Å². The highest BCUT2D eigenvalue weighted by Crippen LogP contribution is 2.38. The molecule has 33 heavy (non-hydrogen) atoms. The Kier molecular flexibility index (Phi) is 6.03. The largest absolute Gasteiger partial charge is 0.497 e. The summed E-state index contributed by atoms with van der Waals surface area (Å²) >= 11 is 0. The number of aryl methyl sites for hydroxylation is 3. The first-order chi connectivity index (χ1) is 15.7. The van der Waals surface area contributed by atoms with E-state index in [2.05, 4.69) is 5.32 Å². The van der Waals surface area contributed by atoms with Crippen molar-refractivity contribution in [2.75, 3.05) is 23.3 Å². The smallest absolute Gasteiger partial charge is 0.267 e. The van der Waals surface area contributed by atoms with Crippen LogP contribution < -0.4 is 19.1 Å². The number of methoxy groups -OCH3 is 1. The van der Waals surface area contributed by atoms with Gasteiger partial charge in [0.25, 0.3) is 15.9 Å². The number of carbonyl (C=O) groups excluding carboxylic acids is 1. The molecule has 1 aliphatic heterocycles. The molecule has 0 unspecified atom stereocenters. The maximum atomic E-state index is 13.5. The van der Waals surface area contributed by atoms with Crippen LogP contribution in [0.5, 0.6) is 11.5 Å². The van der Waals surface area contributed by atoms with Gasteiger partial charge < -0.3 is 14.8 Å². The molecule has 7 nitrogen and oxygen atoms in total. The topological polar surface area (TPSA) is 84.9 Å². The van der Waals surface area contributed by atoms with Crippen LogP contribution >= 0.6 is 0 Å². The first kappa shape index (κ1) is 22.7. The number of rotatable bonds is 5. The summed E-state index contributed by atoms with van der Waals surface area (Å²) in [6, 6.07) is 17.0. The van der Waals surface area contributed by atoms with Gasteiger partial charge in [-0.3, -0.25) is 9.10 Å². The fourth-order valence-corrected chi connectivity index (χ4v) is 5.12. The van der Waals surface area contributed by atoms with Crippen molar-refractivity contribution in [2.24, 2.45) is 0 Å². The molecule has 3 aromatic carbocycles. The number of sulfonamides is 1. The van der Waals surface area contributed by atoms with Crippen molar-refractivity contribution in [1.29, 1.82) is 0 Å². The Morgan fingerprint density at radius 2 is 1.73 bits per heavy atom. The van der Waals surface area contributed by atoms with Crippen molar-refractivity contribution in [3.63, 3.8) is 0 Å². The van der Waals surface area contributed by atoms with Crippen LogP contribution in [0, 0.1) is 20.8 Å². The highest BCUT2D eigenvalue weighted by Gasteiger charge is 2.37. The fourth-order valence-electron chi connectivity index (χ4n) is 3.64. The van der Waals surface area contributed by atoms with Gasteiger partial charge in [0.1, 0.15) is 11.5 Å². The molecule has 0 saturated carbocycles. The third-order valence-electron chi connectivity index (χ3n) is 5.70. The van der Waals surface area contributed by atoms with Crippen LogP contribution in [0.4, 0.5) is 11.4 Å². The van der Waals surface area contributed by atoms with Crippen LogP contribution in [-0.4, -0.2) is 34.1 Å². The van der Waals surface area contributed by atoms with Crippen molar-refractivity contribution >= 4 is 27.3 Å². The Balaban J connectivity index is 1.68. The van der Waals surface area contributed by atoms with Gasteiger partial charge in [-0.05, 0) is 86.0 Å². The summed E-state index contributed by atoms with van der Waals surface area (Å²) < 4.78 is 39.4. The Morgan fingerprint density at radius 1 is 1.00 bits per heavy atom. The summed E-state index contributed by atoms with van der Waals surface area (Å²) in [5, 5.41) is 2.85. The molecule has 0 bridgehead atoms. The lowest BCUT2D eigenvalue weighted by atomic mass is 10.1. The minimum atomic E-state index is -3.95. The van der Waals surface area contributed by atoms with E-state index in [9.17, 15) is 13.2 Å². The average molecular weight is 467 g/mol. The van der Waals surface area contributed by atoms with E-state index in [1.54, 1.807) is 24.3 Å². The predicted molar refractivity (Wildman–Crippen MR) is 128 cm³/mol. The zero-order chi connectivity index (χ0) is 23.8. The number of nitrogens with one attached hydrogen (secondary N) is 1. The van der Waals surface area contributed by atoms with E-state index >= 15 is 0 Å². The molecule has 1 atom stereocenters. The summed E-state index contributed by atoms with van der Waals surface area (Å²) in [7, 11) is -2.43. The molecule has 1 aliphatic rings. The highest BCUT2D eigenvalue weighted by molar-refractivity contribution is 7.92. The lowest BCUT2D eigenvalue weighted by molar-refractivity contribution is -0.122. The molecule has 0 saturated heterocycles. The SMILES string of the molecule is COc1ccc(S(=O)(=O)N2C[C@H](C(=O)Nc3ccc(C)c(C)c3)Oc3cc(C)ccc32)cc1. The summed E-state index contributed by atoms with van der Waals surface area (Å²) in [5.74, 6) is 0.483. The molecule has 4 rings (SSSR count). The monoisotopic (exact) mass is 466 g/mol. The van der Waals surface area contributed by atoms with E-state index in [0.717, 1.165) is 16.7 Å². The molecule has 1 amide bonds. The van der Waals surface area contributed by atoms with Gasteiger partial charge in [0, 0.05) is 5.69 Å². The number of benzene rings is 3. The Hall–Kier alpha value is -3.52. The number of fused-ring (bicyclic) bond motifs is 1. The first-order valence-electron chi connectivity index (χ1n) is 10.5. The van der Waals surface area contributed by atoms with Crippen LogP contribution in [0.15, 0.2) is 65.6 Å². The van der Waals surface area contributed by atoms with Crippen molar-refractivity contribution in [2.45, 2.75) is 31.8 Å². The molecule has 1 N–H and O–H groups in total. The maximum absolute atomic E-state index is 13.5. The molecular weight excluding hydrogens is 440 g/mol. The lowest BCUT2D eigenvalue weighted by Gasteiger charge is -2.35. The predicted octanol–water partition coefficient (Wildman–Crippen LogP) is 4.22. The standard InChI is InChI=1S/C25H26N2O5S/c1-16-5-12-22-23(13-16)32-24(25(28)26-19-7-6-17(2)18(3)14-19)15-27(22)33(29,30)21-10-8-20(31-4)9-11-21/h5-14,24H,15H2,1-4H3,(H,26,28)/t24-/m1/s1. The molecule has 8 heteroatoms. The van der Waals surface area contributed by atoms with E-state index < -0.39 is 22.0 Å². The van der Waals surface area contributed by atoms with Crippen molar-refractivity contribution in [3.05, 3.63) is 77.4 Å². The number of ether oxygens (including phenoxy) is 2. The van der Waals surface area contributed by atoms with Gasteiger partial charge in [-0.15, -0.1) is 0 Å². The maximum Gasteiger partial charge on any atom is 0.267 e. The van der Waals surface area contributed by atoms with Crippen molar-refractivity contribution < 1.29 is 22.7 Å². The molecule has 1 heterocycles. The third kappa shape index (κ3) is 4.52. The minimum Gasteiger partial charge on any atom is -0.497 e. The van der Waals surface area contributed by atoms with Gasteiger partial charge in [0.2, 0.25) is 0 Å². The second kappa shape index (κ2) is 8.78. The molecule has 0 aliphatic carbocycles. The zero-order valence-electron chi connectivity index (χ0n) is 19.0. The van der Waals surface area contributed by atoms with Gasteiger partial charge in [-0.25, -0.2) is 8.42 Å². The molecule has 0 aromatic heterocycles. The van der Waals surface area contributed by atoms with Crippen LogP contribution in [0.25, 0.3) is 0 Å². The van der Waals surface area contributed by atoms with Gasteiger partial charge in [-0.1, -0.05) is 12.1 Å². The normalized spacial score (nSPS) is 15.4. The Bertz CT molecular complexity index is 1300. The number of amides is 1. The van der Waals surface area contributed by atoms with Gasteiger partial charge in [-0.2, -0.15) is 0 Å². The summed E-state index contributed by atoms with van der Waals surface area (Å²) in [6.07, 6.45) is -1.02. The van der Waals surface area contributed by atoms with Gasteiger partial charge in [0.05, 0.1) is 24.2 Å². The third-order valence-corrected chi connectivity index (χ3v) is 7.49. The molecular formula is C25H26N2O5S. The van der Waals surface area contributed by atoms with Crippen LogP contribution in [0.1, 0.15) is 16.7 Å². The minimum absolute atomic E-state index is 0.102. The number of nitrogens with zero attached hydrogens (tertiary/aromatic N) is 1. The van der Waals surface area contributed by atoms with Gasteiger partial charge >= 0.3 is 0 Å². The molecule has 0 spiro atoms. The van der Waals surface area contributed by atoms with Crippen molar-refractivity contribution in [3.8, 4) is 11.5 Å². The molecule has 172 valence electrons. The number of hydrogen-bond donors (Lipinski definition) is 1. The van der Waals surface area contributed by atoms with Crippen LogP contribution in [0.2, 0.25) is 0 Å². The number of carbonyl (C=O) groups is 1. The van der Waals surface area contributed by atoms with E-state index in [0.29, 0.717) is 22.9 Å². The van der Waals surface area contributed by atoms with E-state index in [-0.39, 0.29) is 11.4 Å². The van der Waals surface area contributed by atoms with E-state index in [4.69, 9.17) is 9.47 Å². The second-order valence-electron chi connectivity index (χ2n) is 8.08. The first-order valence-corrected chi connectivity index (χ1v) is 12.0. The lowest BCUT2D eigenvalue weighted by Crippen LogP contribution is -2.48. The summed E-state index contributed by atoms with van der Waals surface area (Å²) in [6.45, 7) is 5.68. The Morgan fingerprint density at radius 3 is 2.39 bits per heavy atom. The van der Waals surface area contributed by atoms with Gasteiger partial charge in [0.15, 0.2) is 6.10 Å². The van der Waals surface area contributed by atoms with Crippen molar-refractivity contribution in [1.82, 2.24) is 0 Å². The quantitative estimate of drug-likeness (QED) is 0.609. The van der Waals surface area contributed by atoms with E-state index in [1.165, 1.54) is 23.5 Å². The highest BCUT2D eigenvalue weighted by atomic mass is 32.2. The fraction of sp³-hybridized carbons (Fsp3) is 0.240. The van der Waals surface area contributed by atoms with Crippen LogP contribution in [-0.2, 0) is 14.8 Å².